The maximum Gasteiger partial charge on any atom is 0.414 e. The van der Waals surface area contributed by atoms with Crippen LogP contribution in [0, 0.1) is 0 Å². The summed E-state index contributed by atoms with van der Waals surface area (Å²) in [5.74, 6) is 0. The zero-order valence-corrected chi connectivity index (χ0v) is 10.8. The molecular formula is C15H16N2O2. The first-order valence-corrected chi connectivity index (χ1v) is 6.19. The number of aromatic nitrogens is 1. The number of nitrogens with zero attached hydrogens (tertiary/aromatic N) is 2. The molecule has 0 atom stereocenters. The van der Waals surface area contributed by atoms with Gasteiger partial charge >= 0.3 is 6.09 Å². The van der Waals surface area contributed by atoms with Gasteiger partial charge in [-0.1, -0.05) is 30.3 Å². The summed E-state index contributed by atoms with van der Waals surface area (Å²) in [6.07, 6.45) is 2.96. The quantitative estimate of drug-likeness (QED) is 0.843. The Labute approximate surface area is 112 Å². The van der Waals surface area contributed by atoms with E-state index in [1.54, 1.807) is 29.4 Å². The average Bonchev–Trinajstić information content (AvgIpc) is 2.48. The Morgan fingerprint density at radius 3 is 2.47 bits per heavy atom. The molecule has 0 radical (unpaired) electrons. The molecular weight excluding hydrogens is 240 g/mol. The van der Waals surface area contributed by atoms with Crippen molar-refractivity contribution in [1.29, 1.82) is 0 Å². The van der Waals surface area contributed by atoms with Crippen LogP contribution in [0.3, 0.4) is 0 Å². The number of carbonyl (C=O) groups is 1. The predicted molar refractivity (Wildman–Crippen MR) is 73.9 cm³/mol. The number of hydrogen-bond acceptors (Lipinski definition) is 3. The highest BCUT2D eigenvalue weighted by Gasteiger charge is 2.14. The van der Waals surface area contributed by atoms with Crippen LogP contribution in [0.15, 0.2) is 54.9 Å². The minimum atomic E-state index is -0.349. The van der Waals surface area contributed by atoms with Crippen LogP contribution in [0.25, 0.3) is 0 Å². The molecule has 1 heterocycles. The molecule has 0 spiro atoms. The van der Waals surface area contributed by atoms with Gasteiger partial charge in [0.15, 0.2) is 0 Å². The van der Waals surface area contributed by atoms with Crippen LogP contribution in [0.5, 0.6) is 0 Å². The molecule has 98 valence electrons. The van der Waals surface area contributed by atoms with E-state index in [9.17, 15) is 4.79 Å². The molecule has 19 heavy (non-hydrogen) atoms. The molecule has 2 aromatic rings. The molecule has 0 saturated carbocycles. The van der Waals surface area contributed by atoms with Crippen molar-refractivity contribution in [3.05, 3.63) is 60.4 Å². The lowest BCUT2D eigenvalue weighted by molar-refractivity contribution is 0.147. The van der Waals surface area contributed by atoms with Crippen LogP contribution in [0.1, 0.15) is 12.5 Å². The average molecular weight is 256 g/mol. The Morgan fingerprint density at radius 2 is 1.84 bits per heavy atom. The Morgan fingerprint density at radius 1 is 1.16 bits per heavy atom. The first-order valence-electron chi connectivity index (χ1n) is 6.19. The van der Waals surface area contributed by atoms with Gasteiger partial charge in [0.05, 0.1) is 5.69 Å². The molecule has 0 aliphatic heterocycles. The summed E-state index contributed by atoms with van der Waals surface area (Å²) in [4.78, 5) is 17.5. The smallest absolute Gasteiger partial charge is 0.414 e. The molecule has 4 nitrogen and oxygen atoms in total. The number of hydrogen-bond donors (Lipinski definition) is 0. The molecule has 0 aliphatic rings. The maximum atomic E-state index is 12.0. The highest BCUT2D eigenvalue weighted by Crippen LogP contribution is 2.13. The van der Waals surface area contributed by atoms with E-state index in [4.69, 9.17) is 4.74 Å². The molecule has 1 aromatic heterocycles. The fraction of sp³-hybridized carbons (Fsp3) is 0.200. The first kappa shape index (κ1) is 13.1. The Kier molecular flexibility index (Phi) is 4.50. The third-order valence-corrected chi connectivity index (χ3v) is 2.72. The summed E-state index contributed by atoms with van der Waals surface area (Å²) in [5.41, 5.74) is 1.76. The number of amides is 1. The molecule has 0 N–H and O–H groups in total. The largest absolute Gasteiger partial charge is 0.444 e. The van der Waals surface area contributed by atoms with Gasteiger partial charge in [-0.25, -0.2) is 4.79 Å². The number of pyridine rings is 1. The standard InChI is InChI=1S/C15H16N2O2/c1-2-17(14-8-10-16-11-9-14)15(18)19-12-13-6-4-3-5-7-13/h3-11H,2,12H2,1H3. The van der Waals surface area contributed by atoms with E-state index in [0.717, 1.165) is 11.3 Å². The summed E-state index contributed by atoms with van der Waals surface area (Å²) in [5, 5.41) is 0. The highest BCUT2D eigenvalue weighted by atomic mass is 16.6. The van der Waals surface area contributed by atoms with Crippen LogP contribution in [-0.2, 0) is 11.3 Å². The van der Waals surface area contributed by atoms with E-state index in [0.29, 0.717) is 6.54 Å². The third-order valence-electron chi connectivity index (χ3n) is 2.72. The van der Waals surface area contributed by atoms with Gasteiger partial charge in [0, 0.05) is 18.9 Å². The number of rotatable bonds is 4. The van der Waals surface area contributed by atoms with Gasteiger partial charge in [0.25, 0.3) is 0 Å². The normalized spacial score (nSPS) is 9.95. The van der Waals surface area contributed by atoms with Crippen LogP contribution in [0.2, 0.25) is 0 Å². The topological polar surface area (TPSA) is 42.4 Å². The van der Waals surface area contributed by atoms with Gasteiger partial charge in [-0.2, -0.15) is 0 Å². The van der Waals surface area contributed by atoms with Crippen molar-refractivity contribution in [2.24, 2.45) is 0 Å². The SMILES string of the molecule is CCN(C(=O)OCc1ccccc1)c1ccncc1. The van der Waals surface area contributed by atoms with Crippen LogP contribution >= 0.6 is 0 Å². The zero-order chi connectivity index (χ0) is 13.5. The second-order valence-electron chi connectivity index (χ2n) is 3.99. The fourth-order valence-corrected chi connectivity index (χ4v) is 1.74. The Balaban J connectivity index is 1.98. The van der Waals surface area contributed by atoms with Gasteiger partial charge in [-0.15, -0.1) is 0 Å². The summed E-state index contributed by atoms with van der Waals surface area (Å²) in [6.45, 7) is 2.74. The van der Waals surface area contributed by atoms with Crippen molar-refractivity contribution in [2.45, 2.75) is 13.5 Å². The minimum Gasteiger partial charge on any atom is -0.444 e. The van der Waals surface area contributed by atoms with Crippen LogP contribution in [0.4, 0.5) is 10.5 Å². The minimum absolute atomic E-state index is 0.279. The highest BCUT2D eigenvalue weighted by molar-refractivity contribution is 5.87. The molecule has 2 rings (SSSR count). The van der Waals surface area contributed by atoms with Crippen molar-refractivity contribution in [3.8, 4) is 0 Å². The van der Waals surface area contributed by atoms with E-state index < -0.39 is 0 Å². The van der Waals surface area contributed by atoms with Crippen molar-refractivity contribution in [3.63, 3.8) is 0 Å². The van der Waals surface area contributed by atoms with Gasteiger partial charge in [-0.3, -0.25) is 9.88 Å². The van der Waals surface area contributed by atoms with Gasteiger partial charge < -0.3 is 4.74 Å². The second kappa shape index (κ2) is 6.54. The van der Waals surface area contributed by atoms with Crippen LogP contribution in [-0.4, -0.2) is 17.6 Å². The van der Waals surface area contributed by atoms with E-state index in [1.807, 2.05) is 37.3 Å². The summed E-state index contributed by atoms with van der Waals surface area (Å²) in [6, 6.07) is 13.2. The number of benzene rings is 1. The van der Waals surface area contributed by atoms with E-state index in [-0.39, 0.29) is 12.7 Å². The Hall–Kier alpha value is -2.36. The third kappa shape index (κ3) is 3.55. The van der Waals surface area contributed by atoms with Gasteiger partial charge in [-0.05, 0) is 24.6 Å². The van der Waals surface area contributed by atoms with Gasteiger partial charge in [0.1, 0.15) is 6.61 Å². The van der Waals surface area contributed by atoms with E-state index in [1.165, 1.54) is 0 Å². The molecule has 0 fully saturated rings. The lowest BCUT2D eigenvalue weighted by Gasteiger charge is -2.20. The maximum absolute atomic E-state index is 12.0. The molecule has 0 saturated heterocycles. The first-order chi connectivity index (χ1) is 9.31. The van der Waals surface area contributed by atoms with Crippen molar-refractivity contribution < 1.29 is 9.53 Å². The summed E-state index contributed by atoms with van der Waals surface area (Å²) < 4.78 is 5.30. The summed E-state index contributed by atoms with van der Waals surface area (Å²) >= 11 is 0. The van der Waals surface area contributed by atoms with E-state index >= 15 is 0 Å². The lowest BCUT2D eigenvalue weighted by atomic mass is 10.2. The lowest BCUT2D eigenvalue weighted by Crippen LogP contribution is -2.31. The zero-order valence-electron chi connectivity index (χ0n) is 10.8. The van der Waals surface area contributed by atoms with Gasteiger partial charge in [0.2, 0.25) is 0 Å². The van der Waals surface area contributed by atoms with E-state index in [2.05, 4.69) is 4.98 Å². The number of carbonyl (C=O) groups excluding carboxylic acids is 1. The molecule has 1 amide bonds. The van der Waals surface area contributed by atoms with Crippen LogP contribution < -0.4 is 4.90 Å². The monoisotopic (exact) mass is 256 g/mol. The van der Waals surface area contributed by atoms with Crippen molar-refractivity contribution in [1.82, 2.24) is 4.98 Å². The second-order valence-corrected chi connectivity index (χ2v) is 3.99. The number of anilines is 1. The summed E-state index contributed by atoms with van der Waals surface area (Å²) in [7, 11) is 0. The molecule has 0 aliphatic carbocycles. The molecule has 0 bridgehead atoms. The predicted octanol–water partition coefficient (Wildman–Crippen LogP) is 3.24. The molecule has 4 heteroatoms. The molecule has 0 unspecified atom stereocenters. The van der Waals surface area contributed by atoms with Crippen molar-refractivity contribution >= 4 is 11.8 Å². The Bertz CT molecular complexity index is 514. The molecule has 1 aromatic carbocycles. The number of ether oxygens (including phenoxy) is 1. The van der Waals surface area contributed by atoms with Crippen molar-refractivity contribution in [2.75, 3.05) is 11.4 Å². The fourth-order valence-electron chi connectivity index (χ4n) is 1.74.